The topological polar surface area (TPSA) is 235 Å². The van der Waals surface area contributed by atoms with Crippen LogP contribution in [0.1, 0.15) is 22.8 Å². The number of benzene rings is 2. The van der Waals surface area contributed by atoms with Crippen molar-refractivity contribution in [2.24, 2.45) is 5.73 Å². The smallest absolute Gasteiger partial charge is 0.323 e. The normalized spacial score (nSPS) is 9.64. The molecular weight excluding hydrogens is 516 g/mol. The van der Waals surface area contributed by atoms with Gasteiger partial charge in [-0.05, 0) is 26.1 Å². The first-order valence-corrected chi connectivity index (χ1v) is 10.9. The number of carboxylic acid groups (broad SMARTS) is 1. The molecule has 15 heteroatoms. The van der Waals surface area contributed by atoms with Crippen LogP contribution in [0.15, 0.2) is 54.9 Å². The zero-order chi connectivity index (χ0) is 29.9. The van der Waals surface area contributed by atoms with E-state index in [1.807, 2.05) is 6.92 Å². The van der Waals surface area contributed by atoms with Crippen LogP contribution >= 0.6 is 0 Å². The number of aliphatic carboxylic acids is 1. The second-order valence-electron chi connectivity index (χ2n) is 7.56. The Morgan fingerprint density at radius 2 is 1.64 bits per heavy atom. The lowest BCUT2D eigenvalue weighted by Crippen LogP contribution is -2.39. The fourth-order valence-electron chi connectivity index (χ4n) is 3.06. The van der Waals surface area contributed by atoms with Crippen LogP contribution in [0.4, 0.5) is 22.7 Å². The van der Waals surface area contributed by atoms with E-state index < -0.39 is 39.7 Å². The van der Waals surface area contributed by atoms with E-state index in [1.165, 1.54) is 42.2 Å². The number of carbonyl (C=O) groups is 4. The summed E-state index contributed by atoms with van der Waals surface area (Å²) in [6, 6.07) is 9.91. The first-order chi connectivity index (χ1) is 18.3. The highest BCUT2D eigenvalue weighted by Crippen LogP contribution is 2.34. The summed E-state index contributed by atoms with van der Waals surface area (Å²) < 4.78 is 1.25. The average Bonchev–Trinajstić information content (AvgIpc) is 3.37. The molecule has 0 saturated heterocycles. The summed E-state index contributed by atoms with van der Waals surface area (Å²) in [6.07, 6.45) is 3.22. The van der Waals surface area contributed by atoms with Gasteiger partial charge >= 0.3 is 5.97 Å². The van der Waals surface area contributed by atoms with Gasteiger partial charge < -0.3 is 21.1 Å². The van der Waals surface area contributed by atoms with Crippen LogP contribution in [-0.4, -0.2) is 57.1 Å². The lowest BCUT2D eigenvalue weighted by molar-refractivity contribution is -0.384. The SMILES string of the molecule is CC(=O)C(=O)N(CC(=O)O)c1cc(-n2ccc(C=O)c2)c([N+](=O)[O-])cc1N.CN.Cc1ccc([N+](=O)[O-])cc1. The van der Waals surface area contributed by atoms with Crippen LogP contribution in [0, 0.1) is 27.2 Å². The predicted octanol–water partition coefficient (Wildman–Crippen LogP) is 2.26. The summed E-state index contributed by atoms with van der Waals surface area (Å²) in [5.41, 5.74) is 10.8. The number of Topliss-reactive ketones (excluding diaryl/α,β-unsaturated/α-hetero) is 1. The first-order valence-electron chi connectivity index (χ1n) is 10.9. The van der Waals surface area contributed by atoms with Crippen molar-refractivity contribution in [3.8, 4) is 5.69 Å². The van der Waals surface area contributed by atoms with Crippen molar-refractivity contribution in [3.05, 3.63) is 86.2 Å². The summed E-state index contributed by atoms with van der Waals surface area (Å²) in [7, 11) is 1.50. The lowest BCUT2D eigenvalue weighted by atomic mass is 10.1. The highest BCUT2D eigenvalue weighted by atomic mass is 16.6. The Hall–Kier alpha value is -5.44. The van der Waals surface area contributed by atoms with E-state index in [1.54, 1.807) is 12.1 Å². The number of carbonyl (C=O) groups excluding carboxylic acids is 3. The first kappa shape index (κ1) is 31.6. The molecule has 0 radical (unpaired) electrons. The van der Waals surface area contributed by atoms with E-state index >= 15 is 0 Å². The highest BCUT2D eigenvalue weighted by Gasteiger charge is 2.28. The van der Waals surface area contributed by atoms with Crippen molar-refractivity contribution in [2.45, 2.75) is 13.8 Å². The van der Waals surface area contributed by atoms with Gasteiger partial charge in [-0.2, -0.15) is 0 Å². The molecule has 0 saturated carbocycles. The summed E-state index contributed by atoms with van der Waals surface area (Å²) in [6.45, 7) is 1.98. The molecule has 1 amide bonds. The molecule has 15 nitrogen and oxygen atoms in total. The number of nitrogen functional groups attached to an aromatic ring is 1. The summed E-state index contributed by atoms with van der Waals surface area (Å²) in [4.78, 5) is 66.5. The highest BCUT2D eigenvalue weighted by molar-refractivity contribution is 6.41. The van der Waals surface area contributed by atoms with Gasteiger partial charge in [-0.15, -0.1) is 0 Å². The Kier molecular flexibility index (Phi) is 11.6. The summed E-state index contributed by atoms with van der Waals surface area (Å²) >= 11 is 0. The molecule has 5 N–H and O–H groups in total. The molecule has 0 spiro atoms. The molecule has 0 unspecified atom stereocenters. The van der Waals surface area contributed by atoms with Crippen LogP contribution in [0.25, 0.3) is 5.69 Å². The van der Waals surface area contributed by atoms with Gasteiger partial charge in [0.2, 0.25) is 5.78 Å². The number of aryl methyl sites for hydroxylation is 1. The molecule has 0 aliphatic rings. The molecular formula is C24H26N6O9. The molecule has 3 rings (SSSR count). The number of amides is 1. The quantitative estimate of drug-likeness (QED) is 0.123. The van der Waals surface area contributed by atoms with E-state index in [2.05, 4.69) is 5.73 Å². The Morgan fingerprint density at radius 1 is 1.05 bits per heavy atom. The molecule has 39 heavy (non-hydrogen) atoms. The van der Waals surface area contributed by atoms with Gasteiger partial charge in [0, 0.05) is 43.1 Å². The van der Waals surface area contributed by atoms with Gasteiger partial charge in [0.25, 0.3) is 17.3 Å². The van der Waals surface area contributed by atoms with Crippen LogP contribution in [0.5, 0.6) is 0 Å². The number of aldehydes is 1. The Balaban J connectivity index is 0.000000528. The van der Waals surface area contributed by atoms with Crippen molar-refractivity contribution in [1.82, 2.24) is 4.57 Å². The largest absolute Gasteiger partial charge is 0.480 e. The number of ketones is 1. The van der Waals surface area contributed by atoms with E-state index in [0.717, 1.165) is 24.6 Å². The molecule has 0 fully saturated rings. The van der Waals surface area contributed by atoms with Gasteiger partial charge in [0.15, 0.2) is 6.29 Å². The molecule has 1 aromatic heterocycles. The predicted molar refractivity (Wildman–Crippen MR) is 141 cm³/mol. The minimum absolute atomic E-state index is 0.0657. The Bertz CT molecular complexity index is 1380. The number of nitro benzene ring substituents is 2. The number of anilines is 2. The number of nitrogens with two attached hydrogens (primary N) is 2. The van der Waals surface area contributed by atoms with Gasteiger partial charge in [0.1, 0.15) is 12.2 Å². The van der Waals surface area contributed by atoms with Crippen LogP contribution in [-0.2, 0) is 14.4 Å². The standard InChI is InChI=1S/C16H14N4O7.C7H7NO2.CH5N/c1-9(22)16(25)19(7-15(23)24)12-5-13(14(20(26)27)4-11(12)17)18-3-2-10(6-18)8-21;1-6-2-4-7(5-3-6)8(9)10;1-2/h2-6,8H,7,17H2,1H3,(H,23,24);2-5H,1H3;2H2,1H3. The minimum Gasteiger partial charge on any atom is -0.480 e. The van der Waals surface area contributed by atoms with Gasteiger partial charge in [-0.3, -0.25) is 44.3 Å². The number of rotatable bonds is 8. The molecule has 0 bridgehead atoms. The van der Waals surface area contributed by atoms with Gasteiger partial charge in [-0.25, -0.2) is 0 Å². The molecule has 1 heterocycles. The summed E-state index contributed by atoms with van der Waals surface area (Å²) in [5.74, 6) is -3.47. The number of carboxylic acids is 1. The average molecular weight is 543 g/mol. The molecule has 0 aliphatic carbocycles. The van der Waals surface area contributed by atoms with E-state index in [4.69, 9.17) is 10.8 Å². The monoisotopic (exact) mass is 542 g/mol. The third kappa shape index (κ3) is 8.57. The number of non-ortho nitro benzene ring substituents is 1. The van der Waals surface area contributed by atoms with Crippen LogP contribution in [0.3, 0.4) is 0 Å². The Labute approximate surface area is 221 Å². The maximum Gasteiger partial charge on any atom is 0.323 e. The van der Waals surface area contributed by atoms with Crippen molar-refractivity contribution in [1.29, 1.82) is 0 Å². The fraction of sp³-hybridized carbons (Fsp3) is 0.167. The van der Waals surface area contributed by atoms with Gasteiger partial charge in [0.05, 0.1) is 21.2 Å². The maximum absolute atomic E-state index is 12.1. The zero-order valence-electron chi connectivity index (χ0n) is 21.1. The van der Waals surface area contributed by atoms with Crippen LogP contribution in [0.2, 0.25) is 0 Å². The van der Waals surface area contributed by atoms with E-state index in [9.17, 15) is 39.4 Å². The van der Waals surface area contributed by atoms with Crippen molar-refractivity contribution >= 4 is 46.7 Å². The molecule has 0 atom stereocenters. The Morgan fingerprint density at radius 3 is 2.08 bits per heavy atom. The number of hydrogen-bond acceptors (Lipinski definition) is 10. The van der Waals surface area contributed by atoms with Crippen molar-refractivity contribution in [2.75, 3.05) is 24.2 Å². The number of hydrogen-bond donors (Lipinski definition) is 3. The third-order valence-corrected chi connectivity index (χ3v) is 4.83. The fourth-order valence-corrected chi connectivity index (χ4v) is 3.06. The van der Waals surface area contributed by atoms with Crippen molar-refractivity contribution in [3.63, 3.8) is 0 Å². The van der Waals surface area contributed by atoms with Crippen molar-refractivity contribution < 1.29 is 34.1 Å². The second kappa shape index (κ2) is 14.3. The molecule has 206 valence electrons. The summed E-state index contributed by atoms with van der Waals surface area (Å²) in [5, 5.41) is 30.5. The number of aromatic nitrogens is 1. The number of nitro groups is 2. The minimum atomic E-state index is -1.41. The molecule has 2 aromatic carbocycles. The second-order valence-corrected chi connectivity index (χ2v) is 7.56. The number of nitrogens with zero attached hydrogens (tertiary/aromatic N) is 4. The molecule has 0 aliphatic heterocycles. The van der Waals surface area contributed by atoms with E-state index in [0.29, 0.717) is 11.2 Å². The maximum atomic E-state index is 12.1. The lowest BCUT2D eigenvalue weighted by Gasteiger charge is -2.22. The zero-order valence-corrected chi connectivity index (χ0v) is 21.1. The molecule has 3 aromatic rings. The third-order valence-electron chi connectivity index (χ3n) is 4.83. The van der Waals surface area contributed by atoms with Gasteiger partial charge in [-0.1, -0.05) is 17.7 Å². The van der Waals surface area contributed by atoms with Crippen LogP contribution < -0.4 is 16.4 Å². The van der Waals surface area contributed by atoms with E-state index in [-0.39, 0.29) is 28.3 Å².